The Morgan fingerprint density at radius 2 is 2.22 bits per heavy atom. The Balaban J connectivity index is 1.96. The Labute approximate surface area is 110 Å². The zero-order valence-corrected chi connectivity index (χ0v) is 11.6. The molecule has 2 aromatic rings. The SMILES string of the molecule is CS(=O)(=O)CCSCc1nc2cc(N)ccc2o1. The zero-order chi connectivity index (χ0) is 13.2. The highest BCUT2D eigenvalue weighted by atomic mass is 32.2. The van der Waals surface area contributed by atoms with Crippen molar-refractivity contribution in [2.24, 2.45) is 0 Å². The topological polar surface area (TPSA) is 86.2 Å². The number of hydrogen-bond donors (Lipinski definition) is 1. The average Bonchev–Trinajstić information content (AvgIpc) is 2.65. The summed E-state index contributed by atoms with van der Waals surface area (Å²) in [6.07, 6.45) is 1.23. The summed E-state index contributed by atoms with van der Waals surface area (Å²) in [5.74, 6) is 1.86. The van der Waals surface area contributed by atoms with Crippen LogP contribution in [0, 0.1) is 0 Å². The lowest BCUT2D eigenvalue weighted by molar-refractivity contribution is 0.556. The molecular formula is C11H14N2O3S2. The van der Waals surface area contributed by atoms with E-state index in [0.717, 1.165) is 5.52 Å². The molecule has 7 heteroatoms. The fourth-order valence-electron chi connectivity index (χ4n) is 1.42. The van der Waals surface area contributed by atoms with Gasteiger partial charge in [0, 0.05) is 17.7 Å². The predicted molar refractivity (Wildman–Crippen MR) is 74.3 cm³/mol. The molecule has 0 fully saturated rings. The van der Waals surface area contributed by atoms with Crippen LogP contribution in [-0.4, -0.2) is 31.2 Å². The van der Waals surface area contributed by atoms with Crippen LogP contribution in [-0.2, 0) is 15.6 Å². The van der Waals surface area contributed by atoms with E-state index in [2.05, 4.69) is 4.98 Å². The van der Waals surface area contributed by atoms with Gasteiger partial charge in [0.05, 0.1) is 11.5 Å². The van der Waals surface area contributed by atoms with Crippen LogP contribution in [0.3, 0.4) is 0 Å². The predicted octanol–water partition coefficient (Wildman–Crippen LogP) is 1.69. The molecule has 0 bridgehead atoms. The van der Waals surface area contributed by atoms with E-state index in [1.165, 1.54) is 18.0 Å². The van der Waals surface area contributed by atoms with Crippen molar-refractivity contribution in [2.75, 3.05) is 23.5 Å². The number of benzene rings is 1. The van der Waals surface area contributed by atoms with Crippen molar-refractivity contribution in [3.63, 3.8) is 0 Å². The highest BCUT2D eigenvalue weighted by Gasteiger charge is 2.07. The number of nitrogens with zero attached hydrogens (tertiary/aromatic N) is 1. The van der Waals surface area contributed by atoms with Gasteiger partial charge in [0.25, 0.3) is 0 Å². The molecule has 0 spiro atoms. The summed E-state index contributed by atoms with van der Waals surface area (Å²) < 4.78 is 27.4. The van der Waals surface area contributed by atoms with E-state index in [9.17, 15) is 8.42 Å². The molecule has 1 heterocycles. The lowest BCUT2D eigenvalue weighted by Crippen LogP contribution is -2.05. The first kappa shape index (κ1) is 13.2. The largest absolute Gasteiger partial charge is 0.440 e. The molecule has 2 N–H and O–H groups in total. The number of oxazole rings is 1. The van der Waals surface area contributed by atoms with E-state index >= 15 is 0 Å². The molecule has 0 aliphatic rings. The normalized spacial score (nSPS) is 12.1. The molecule has 0 atom stereocenters. The first-order valence-corrected chi connectivity index (χ1v) is 8.56. The molecule has 0 saturated carbocycles. The van der Waals surface area contributed by atoms with Gasteiger partial charge in [-0.15, -0.1) is 0 Å². The monoisotopic (exact) mass is 286 g/mol. The van der Waals surface area contributed by atoms with Crippen molar-refractivity contribution < 1.29 is 12.8 Å². The second-order valence-electron chi connectivity index (χ2n) is 4.02. The molecule has 5 nitrogen and oxygen atoms in total. The average molecular weight is 286 g/mol. The quantitative estimate of drug-likeness (QED) is 0.665. The van der Waals surface area contributed by atoms with Gasteiger partial charge >= 0.3 is 0 Å². The maximum Gasteiger partial charge on any atom is 0.205 e. The first-order valence-electron chi connectivity index (χ1n) is 5.34. The number of sulfone groups is 1. The molecule has 0 aliphatic carbocycles. The molecule has 1 aromatic heterocycles. The zero-order valence-electron chi connectivity index (χ0n) is 9.92. The molecule has 1 aromatic carbocycles. The van der Waals surface area contributed by atoms with Crippen LogP contribution in [0.4, 0.5) is 5.69 Å². The summed E-state index contributed by atoms with van der Waals surface area (Å²) in [5.41, 5.74) is 7.72. The minimum atomic E-state index is -2.90. The molecule has 0 saturated heterocycles. The maximum atomic E-state index is 11.0. The number of hydrogen-bond acceptors (Lipinski definition) is 6. The van der Waals surface area contributed by atoms with Gasteiger partial charge in [-0.3, -0.25) is 0 Å². The number of aromatic nitrogens is 1. The number of nitrogen functional groups attached to an aromatic ring is 1. The summed E-state index contributed by atoms with van der Waals surface area (Å²) >= 11 is 1.49. The van der Waals surface area contributed by atoms with Gasteiger partial charge in [0.1, 0.15) is 15.4 Å². The third-order valence-electron chi connectivity index (χ3n) is 2.28. The van der Waals surface area contributed by atoms with Crippen molar-refractivity contribution in [3.8, 4) is 0 Å². The molecule has 18 heavy (non-hydrogen) atoms. The number of anilines is 1. The minimum absolute atomic E-state index is 0.171. The lowest BCUT2D eigenvalue weighted by Gasteiger charge is -1.96. The van der Waals surface area contributed by atoms with E-state index in [1.54, 1.807) is 18.2 Å². The van der Waals surface area contributed by atoms with Gasteiger partial charge in [-0.2, -0.15) is 11.8 Å². The van der Waals surface area contributed by atoms with Gasteiger partial charge in [0.15, 0.2) is 5.58 Å². The fourth-order valence-corrected chi connectivity index (χ4v) is 3.55. The summed E-state index contributed by atoms with van der Waals surface area (Å²) in [4.78, 5) is 4.29. The van der Waals surface area contributed by atoms with Crippen LogP contribution in [0.2, 0.25) is 0 Å². The third-order valence-corrected chi connectivity index (χ3v) is 4.43. The van der Waals surface area contributed by atoms with Crippen LogP contribution in [0.1, 0.15) is 5.89 Å². The Morgan fingerprint density at radius 3 is 2.94 bits per heavy atom. The third kappa shape index (κ3) is 3.64. The van der Waals surface area contributed by atoms with Crippen LogP contribution in [0.15, 0.2) is 22.6 Å². The van der Waals surface area contributed by atoms with E-state index < -0.39 is 9.84 Å². The van der Waals surface area contributed by atoms with Gasteiger partial charge in [-0.25, -0.2) is 13.4 Å². The number of fused-ring (bicyclic) bond motifs is 1. The van der Waals surface area contributed by atoms with Crippen LogP contribution >= 0.6 is 11.8 Å². The second kappa shape index (κ2) is 5.19. The fraction of sp³-hybridized carbons (Fsp3) is 0.364. The Kier molecular flexibility index (Phi) is 3.82. The molecule has 0 amide bonds. The van der Waals surface area contributed by atoms with Gasteiger partial charge in [-0.1, -0.05) is 0 Å². The first-order chi connectivity index (χ1) is 8.44. The smallest absolute Gasteiger partial charge is 0.205 e. The van der Waals surface area contributed by atoms with Crippen molar-refractivity contribution in [2.45, 2.75) is 5.75 Å². The summed E-state index contributed by atoms with van der Waals surface area (Å²) in [5, 5.41) is 0. The Morgan fingerprint density at radius 1 is 1.44 bits per heavy atom. The number of rotatable bonds is 5. The molecule has 0 radical (unpaired) electrons. The van der Waals surface area contributed by atoms with Gasteiger partial charge in [0.2, 0.25) is 5.89 Å². The maximum absolute atomic E-state index is 11.0. The standard InChI is InChI=1S/C11H14N2O3S2/c1-18(14,15)5-4-17-7-11-13-9-6-8(12)2-3-10(9)16-11/h2-3,6H,4-5,7,12H2,1H3. The Hall–Kier alpha value is -1.21. The van der Waals surface area contributed by atoms with Gasteiger partial charge < -0.3 is 10.2 Å². The van der Waals surface area contributed by atoms with Crippen LogP contribution in [0.5, 0.6) is 0 Å². The van der Waals surface area contributed by atoms with Crippen LogP contribution < -0.4 is 5.73 Å². The minimum Gasteiger partial charge on any atom is -0.440 e. The lowest BCUT2D eigenvalue weighted by atomic mass is 10.3. The molecule has 98 valence electrons. The van der Waals surface area contributed by atoms with Gasteiger partial charge in [-0.05, 0) is 18.2 Å². The number of thioether (sulfide) groups is 1. The molecular weight excluding hydrogens is 272 g/mol. The Bertz CT molecular complexity index is 649. The van der Waals surface area contributed by atoms with E-state index in [-0.39, 0.29) is 5.75 Å². The summed E-state index contributed by atoms with van der Waals surface area (Å²) in [6.45, 7) is 0. The van der Waals surface area contributed by atoms with Crippen molar-refractivity contribution in [1.82, 2.24) is 4.98 Å². The molecule has 0 unspecified atom stereocenters. The van der Waals surface area contributed by atoms with E-state index in [4.69, 9.17) is 10.2 Å². The second-order valence-corrected chi connectivity index (χ2v) is 7.38. The van der Waals surface area contributed by atoms with Crippen molar-refractivity contribution in [1.29, 1.82) is 0 Å². The van der Waals surface area contributed by atoms with E-state index in [0.29, 0.717) is 28.7 Å². The van der Waals surface area contributed by atoms with Crippen molar-refractivity contribution >= 4 is 38.4 Å². The van der Waals surface area contributed by atoms with Crippen LogP contribution in [0.25, 0.3) is 11.1 Å². The highest BCUT2D eigenvalue weighted by molar-refractivity contribution is 7.99. The number of nitrogens with two attached hydrogens (primary N) is 1. The molecule has 0 aliphatic heterocycles. The van der Waals surface area contributed by atoms with E-state index in [1.807, 2.05) is 0 Å². The summed E-state index contributed by atoms with van der Waals surface area (Å²) in [6, 6.07) is 5.29. The highest BCUT2D eigenvalue weighted by Crippen LogP contribution is 2.21. The summed E-state index contributed by atoms with van der Waals surface area (Å²) in [7, 11) is -2.90. The van der Waals surface area contributed by atoms with Crippen molar-refractivity contribution in [3.05, 3.63) is 24.1 Å². The molecule has 2 rings (SSSR count).